The number of aliphatic hydroxyl groups is 1. The molecule has 1 aromatic heterocycles. The molecule has 0 amide bonds. The molecule has 4 nitrogen and oxygen atoms in total. The fourth-order valence-corrected chi connectivity index (χ4v) is 3.90. The summed E-state index contributed by atoms with van der Waals surface area (Å²) in [5.41, 5.74) is 6.48. The summed E-state index contributed by atoms with van der Waals surface area (Å²) in [5.74, 6) is 0.787. The zero-order valence-corrected chi connectivity index (χ0v) is 12.7. The van der Waals surface area contributed by atoms with Crippen LogP contribution in [0, 0.1) is 11.3 Å². The number of nitrogens with two attached hydrogens (primary N) is 1. The molecule has 1 aliphatic rings. The van der Waals surface area contributed by atoms with Crippen molar-refractivity contribution in [1.29, 1.82) is 5.41 Å². The molecule has 4 unspecified atom stereocenters. The van der Waals surface area contributed by atoms with Crippen LogP contribution < -0.4 is 5.73 Å². The SMILES string of the molecule is CPCCC1CC(c2ccc(C(=N)N)[nH]2)C(C)(O)C1. The van der Waals surface area contributed by atoms with Crippen molar-refractivity contribution in [2.45, 2.75) is 37.7 Å². The van der Waals surface area contributed by atoms with Crippen LogP contribution in [0.15, 0.2) is 12.1 Å². The summed E-state index contributed by atoms with van der Waals surface area (Å²) in [7, 11) is 0.992. The number of nitrogens with one attached hydrogen (secondary N) is 2. The lowest BCUT2D eigenvalue weighted by molar-refractivity contribution is 0.0453. The zero-order chi connectivity index (χ0) is 14.0. The average molecular weight is 281 g/mol. The van der Waals surface area contributed by atoms with E-state index in [1.807, 2.05) is 19.1 Å². The first-order valence-corrected chi connectivity index (χ1v) is 8.55. The number of aromatic nitrogens is 1. The van der Waals surface area contributed by atoms with E-state index in [9.17, 15) is 5.11 Å². The van der Waals surface area contributed by atoms with Gasteiger partial charge in [0, 0.05) is 11.6 Å². The van der Waals surface area contributed by atoms with E-state index in [4.69, 9.17) is 11.1 Å². The Hall–Kier alpha value is -0.860. The predicted octanol–water partition coefficient (Wildman–Crippen LogP) is 2.24. The molecule has 1 saturated carbocycles. The molecule has 0 radical (unpaired) electrons. The summed E-state index contributed by atoms with van der Waals surface area (Å²) in [6.45, 7) is 4.16. The van der Waals surface area contributed by atoms with Crippen molar-refractivity contribution in [3.63, 3.8) is 0 Å². The van der Waals surface area contributed by atoms with Crippen LogP contribution in [-0.2, 0) is 0 Å². The molecule has 106 valence electrons. The third-order valence-electron chi connectivity index (χ3n) is 4.20. The number of hydrogen-bond acceptors (Lipinski definition) is 2. The Bertz CT molecular complexity index is 455. The molecule has 1 aromatic rings. The van der Waals surface area contributed by atoms with Gasteiger partial charge in [-0.05, 0) is 57.1 Å². The summed E-state index contributed by atoms with van der Waals surface area (Å²) < 4.78 is 0. The summed E-state index contributed by atoms with van der Waals surface area (Å²) >= 11 is 0. The number of nitrogen functional groups attached to an aromatic ring is 1. The minimum absolute atomic E-state index is 0.0487. The van der Waals surface area contributed by atoms with E-state index in [-0.39, 0.29) is 11.8 Å². The van der Waals surface area contributed by atoms with Crippen LogP contribution in [-0.4, -0.2) is 34.4 Å². The monoisotopic (exact) mass is 281 g/mol. The lowest BCUT2D eigenvalue weighted by Crippen LogP contribution is -2.27. The molecule has 4 atom stereocenters. The Morgan fingerprint density at radius 2 is 2.37 bits per heavy atom. The maximum absolute atomic E-state index is 10.6. The van der Waals surface area contributed by atoms with Crippen LogP contribution in [0.2, 0.25) is 0 Å². The fraction of sp³-hybridized carbons (Fsp3) is 0.643. The first-order valence-electron chi connectivity index (χ1n) is 6.84. The highest BCUT2D eigenvalue weighted by Crippen LogP contribution is 2.47. The Morgan fingerprint density at radius 3 is 2.95 bits per heavy atom. The van der Waals surface area contributed by atoms with Crippen LogP contribution in [0.3, 0.4) is 0 Å². The third-order valence-corrected chi connectivity index (χ3v) is 4.99. The van der Waals surface area contributed by atoms with Crippen molar-refractivity contribution in [3.8, 4) is 0 Å². The number of aromatic amines is 1. The van der Waals surface area contributed by atoms with Gasteiger partial charge in [0.15, 0.2) is 0 Å². The zero-order valence-electron chi connectivity index (χ0n) is 11.7. The first kappa shape index (κ1) is 14.5. The third kappa shape index (κ3) is 3.18. The number of H-pyrrole nitrogens is 1. The Kier molecular flexibility index (Phi) is 4.32. The van der Waals surface area contributed by atoms with Crippen molar-refractivity contribution in [1.82, 2.24) is 4.98 Å². The van der Waals surface area contributed by atoms with Crippen molar-refractivity contribution < 1.29 is 5.11 Å². The summed E-state index contributed by atoms with van der Waals surface area (Å²) in [5, 5.41) is 18.1. The molecular weight excluding hydrogens is 257 g/mol. The molecule has 0 bridgehead atoms. The van der Waals surface area contributed by atoms with Crippen LogP contribution in [0.5, 0.6) is 0 Å². The molecule has 0 aliphatic heterocycles. The van der Waals surface area contributed by atoms with E-state index in [1.165, 1.54) is 12.6 Å². The van der Waals surface area contributed by atoms with Gasteiger partial charge < -0.3 is 15.8 Å². The van der Waals surface area contributed by atoms with Gasteiger partial charge in [-0.3, -0.25) is 5.41 Å². The standard InChI is InChI=1S/C14H24N3OP/c1-14(18)8-9(5-6-19-2)7-10(14)11-3-4-12(17-11)13(15)16/h3-4,9-10,17-19H,5-8H2,1-2H3,(H3,15,16). The van der Waals surface area contributed by atoms with Gasteiger partial charge in [0.2, 0.25) is 0 Å². The van der Waals surface area contributed by atoms with Gasteiger partial charge in [-0.2, -0.15) is 0 Å². The molecule has 2 rings (SSSR count). The lowest BCUT2D eigenvalue weighted by Gasteiger charge is -2.24. The highest BCUT2D eigenvalue weighted by molar-refractivity contribution is 7.36. The van der Waals surface area contributed by atoms with Gasteiger partial charge >= 0.3 is 0 Å². The summed E-state index contributed by atoms with van der Waals surface area (Å²) in [4.78, 5) is 3.18. The highest BCUT2D eigenvalue weighted by Gasteiger charge is 2.43. The molecule has 1 aliphatic carbocycles. The first-order chi connectivity index (χ1) is 8.94. The smallest absolute Gasteiger partial charge is 0.139 e. The van der Waals surface area contributed by atoms with Gasteiger partial charge in [-0.25, -0.2) is 0 Å². The van der Waals surface area contributed by atoms with E-state index >= 15 is 0 Å². The second kappa shape index (κ2) is 5.64. The lowest BCUT2D eigenvalue weighted by atomic mass is 9.90. The van der Waals surface area contributed by atoms with E-state index in [1.54, 1.807) is 0 Å². The quantitative estimate of drug-likeness (QED) is 0.379. The van der Waals surface area contributed by atoms with Crippen LogP contribution in [0.1, 0.15) is 43.5 Å². The molecule has 0 aromatic carbocycles. The second-order valence-electron chi connectivity index (χ2n) is 5.85. The number of amidine groups is 1. The Morgan fingerprint density at radius 1 is 1.63 bits per heavy atom. The number of hydrogen-bond donors (Lipinski definition) is 4. The maximum Gasteiger partial charge on any atom is 0.139 e. The fourth-order valence-electron chi connectivity index (χ4n) is 3.20. The molecule has 19 heavy (non-hydrogen) atoms. The van der Waals surface area contributed by atoms with Gasteiger partial charge in [-0.1, -0.05) is 0 Å². The normalized spacial score (nSPS) is 31.3. The highest BCUT2D eigenvalue weighted by atomic mass is 31.1. The van der Waals surface area contributed by atoms with E-state index in [0.29, 0.717) is 11.6 Å². The van der Waals surface area contributed by atoms with E-state index in [0.717, 1.165) is 27.1 Å². The topological polar surface area (TPSA) is 85.9 Å². The number of rotatable bonds is 5. The maximum atomic E-state index is 10.6. The minimum atomic E-state index is -0.652. The molecule has 5 heteroatoms. The van der Waals surface area contributed by atoms with Gasteiger partial charge in [0.1, 0.15) is 5.84 Å². The Balaban J connectivity index is 2.11. The molecule has 5 N–H and O–H groups in total. The Labute approximate surface area is 116 Å². The second-order valence-corrected chi connectivity index (χ2v) is 7.06. The van der Waals surface area contributed by atoms with E-state index in [2.05, 4.69) is 11.6 Å². The molecule has 1 heterocycles. The van der Waals surface area contributed by atoms with Crippen molar-refractivity contribution in [3.05, 3.63) is 23.5 Å². The van der Waals surface area contributed by atoms with Gasteiger partial charge in [-0.15, -0.1) is 8.58 Å². The van der Waals surface area contributed by atoms with Gasteiger partial charge in [0.05, 0.1) is 11.3 Å². The van der Waals surface area contributed by atoms with Crippen LogP contribution >= 0.6 is 8.58 Å². The van der Waals surface area contributed by atoms with E-state index < -0.39 is 5.60 Å². The molecule has 0 saturated heterocycles. The average Bonchev–Trinajstić information content (AvgIpc) is 2.90. The van der Waals surface area contributed by atoms with Crippen LogP contribution in [0.4, 0.5) is 0 Å². The van der Waals surface area contributed by atoms with Crippen LogP contribution in [0.25, 0.3) is 0 Å². The van der Waals surface area contributed by atoms with Crippen molar-refractivity contribution >= 4 is 14.4 Å². The van der Waals surface area contributed by atoms with Gasteiger partial charge in [0.25, 0.3) is 0 Å². The molecule has 0 spiro atoms. The summed E-state index contributed by atoms with van der Waals surface area (Å²) in [6.07, 6.45) is 4.37. The largest absolute Gasteiger partial charge is 0.389 e. The van der Waals surface area contributed by atoms with Crippen molar-refractivity contribution in [2.75, 3.05) is 12.8 Å². The summed E-state index contributed by atoms with van der Waals surface area (Å²) in [6, 6.07) is 3.79. The molecular formula is C14H24N3OP. The predicted molar refractivity (Wildman–Crippen MR) is 81.6 cm³/mol. The molecule has 1 fully saturated rings. The minimum Gasteiger partial charge on any atom is -0.389 e. The van der Waals surface area contributed by atoms with Crippen molar-refractivity contribution in [2.24, 2.45) is 11.7 Å².